The molecule has 12 heteroatoms. The van der Waals surface area contributed by atoms with Gasteiger partial charge in [-0.2, -0.15) is 5.10 Å². The lowest BCUT2D eigenvalue weighted by Gasteiger charge is -2.39. The van der Waals surface area contributed by atoms with Gasteiger partial charge in [-0.1, -0.05) is 51.1 Å². The number of fused-ring (bicyclic) bond motifs is 2. The first kappa shape index (κ1) is 36.0. The molecule has 2 aromatic carbocycles. The molecule has 11 nitrogen and oxygen atoms in total. The summed E-state index contributed by atoms with van der Waals surface area (Å²) in [4.78, 5) is 18.5. The van der Waals surface area contributed by atoms with Gasteiger partial charge in [0.05, 0.1) is 17.9 Å². The second-order valence-corrected chi connectivity index (χ2v) is 16.4. The molecule has 4 atom stereocenters. The molecule has 8 rings (SSSR count). The number of hydrogen-bond acceptors (Lipinski definition) is 7. The van der Waals surface area contributed by atoms with Crippen LogP contribution in [0.1, 0.15) is 114 Å². The van der Waals surface area contributed by atoms with E-state index >= 15 is 4.39 Å². The number of pyridine rings is 1. The van der Waals surface area contributed by atoms with E-state index in [-0.39, 0.29) is 23.6 Å². The molecule has 284 valence electrons. The minimum atomic E-state index is -0.394. The zero-order valence-electron chi connectivity index (χ0n) is 32.1. The minimum absolute atomic E-state index is 0.195. The van der Waals surface area contributed by atoms with E-state index < -0.39 is 5.82 Å². The van der Waals surface area contributed by atoms with E-state index in [0.29, 0.717) is 36.4 Å². The number of carbonyl (C=O) groups excluding carboxylic acids is 1. The number of hydrogen-bond donors (Lipinski definition) is 2. The molecule has 2 fully saturated rings. The maximum Gasteiger partial charge on any atom is 0.320 e. The number of anilines is 2. The Bertz CT molecular complexity index is 2120. The topological polar surface area (TPSA) is 105 Å². The lowest BCUT2D eigenvalue weighted by molar-refractivity contribution is 0.171. The highest BCUT2D eigenvalue weighted by atomic mass is 19.1. The normalized spacial score (nSPS) is 22.0. The van der Waals surface area contributed by atoms with Crippen LogP contribution in [0.4, 0.5) is 21.0 Å². The second-order valence-electron chi connectivity index (χ2n) is 16.4. The number of likely N-dealkylation sites (tertiary alicyclic amines) is 1. The van der Waals surface area contributed by atoms with Crippen LogP contribution in [0.25, 0.3) is 11.3 Å². The molecule has 2 aliphatic heterocycles. The van der Waals surface area contributed by atoms with Gasteiger partial charge in [-0.05, 0) is 113 Å². The summed E-state index contributed by atoms with van der Waals surface area (Å²) in [6.45, 7) is 13.5. The predicted molar refractivity (Wildman–Crippen MR) is 209 cm³/mol. The minimum Gasteiger partial charge on any atom is -0.484 e. The predicted octanol–water partition coefficient (Wildman–Crippen LogP) is 8.49. The Morgan fingerprint density at radius 2 is 1.67 bits per heavy atom. The third kappa shape index (κ3) is 7.28. The molecule has 3 aliphatic rings. The Morgan fingerprint density at radius 1 is 0.907 bits per heavy atom. The summed E-state index contributed by atoms with van der Waals surface area (Å²) in [6, 6.07) is 19.2. The smallest absolute Gasteiger partial charge is 0.320 e. The summed E-state index contributed by atoms with van der Waals surface area (Å²) in [5, 5.41) is 20.1. The van der Waals surface area contributed by atoms with Gasteiger partial charge in [0.15, 0.2) is 5.65 Å². The quantitative estimate of drug-likeness (QED) is 0.165. The fraction of sp³-hybridized carbons (Fsp3) is 0.476. The zero-order valence-corrected chi connectivity index (χ0v) is 32.1. The van der Waals surface area contributed by atoms with Crippen LogP contribution >= 0.6 is 0 Å². The molecule has 2 saturated heterocycles. The van der Waals surface area contributed by atoms with E-state index in [1.165, 1.54) is 30.0 Å². The Balaban J connectivity index is 1.00. The number of urea groups is 1. The van der Waals surface area contributed by atoms with E-state index in [1.807, 2.05) is 53.1 Å². The summed E-state index contributed by atoms with van der Waals surface area (Å²) in [5.74, 6) is 1.61. The van der Waals surface area contributed by atoms with Gasteiger partial charge >= 0.3 is 6.03 Å². The van der Waals surface area contributed by atoms with Gasteiger partial charge < -0.3 is 15.0 Å². The first-order valence-electron chi connectivity index (χ1n) is 19.6. The third-order valence-electron chi connectivity index (χ3n) is 11.4. The van der Waals surface area contributed by atoms with Crippen molar-refractivity contribution in [3.63, 3.8) is 0 Å². The first-order valence-corrected chi connectivity index (χ1v) is 19.6. The van der Waals surface area contributed by atoms with Crippen molar-refractivity contribution < 1.29 is 13.9 Å². The number of nitrogens with zero attached hydrogens (tertiary/aromatic N) is 7. The Kier molecular flexibility index (Phi) is 9.80. The van der Waals surface area contributed by atoms with Crippen molar-refractivity contribution in [2.75, 3.05) is 23.3 Å². The van der Waals surface area contributed by atoms with Crippen LogP contribution in [0.5, 0.6) is 5.75 Å². The Hall–Kier alpha value is -4.97. The fourth-order valence-electron chi connectivity index (χ4n) is 8.46. The van der Waals surface area contributed by atoms with Crippen LogP contribution in [0.3, 0.4) is 0 Å². The van der Waals surface area contributed by atoms with Crippen LogP contribution in [0.15, 0.2) is 66.9 Å². The molecule has 2 N–H and O–H groups in total. The lowest BCUT2D eigenvalue weighted by atomic mass is 9.85. The van der Waals surface area contributed by atoms with Gasteiger partial charge in [-0.25, -0.2) is 13.9 Å². The number of aromatic nitrogens is 5. The van der Waals surface area contributed by atoms with Gasteiger partial charge in [0.25, 0.3) is 0 Å². The van der Waals surface area contributed by atoms with Crippen molar-refractivity contribution in [1.29, 1.82) is 0 Å². The largest absolute Gasteiger partial charge is 0.484 e. The zero-order chi connectivity index (χ0) is 37.6. The molecule has 5 heterocycles. The molecule has 0 unspecified atom stereocenters. The molecular formula is C42H52FN9O2. The molecule has 1 aliphatic carbocycles. The van der Waals surface area contributed by atoms with Crippen LogP contribution in [-0.2, 0) is 12.0 Å². The van der Waals surface area contributed by atoms with Crippen LogP contribution in [-0.4, -0.2) is 60.5 Å². The molecular weight excluding hydrogens is 682 g/mol. The van der Waals surface area contributed by atoms with Crippen molar-refractivity contribution in [3.8, 4) is 11.4 Å². The van der Waals surface area contributed by atoms with E-state index in [1.54, 1.807) is 0 Å². The molecule has 3 aromatic heterocycles. The number of halogens is 1. The van der Waals surface area contributed by atoms with E-state index in [4.69, 9.17) is 9.84 Å². The maximum atomic E-state index is 15.5. The summed E-state index contributed by atoms with van der Waals surface area (Å²) in [6.07, 6.45) is 9.04. The summed E-state index contributed by atoms with van der Waals surface area (Å²) in [5.41, 5.74) is 4.60. The monoisotopic (exact) mass is 733 g/mol. The summed E-state index contributed by atoms with van der Waals surface area (Å²) >= 11 is 0. The molecule has 2 amide bonds. The molecule has 0 bridgehead atoms. The Labute approximate surface area is 316 Å². The molecule has 54 heavy (non-hydrogen) atoms. The van der Waals surface area contributed by atoms with Crippen LogP contribution in [0.2, 0.25) is 0 Å². The third-order valence-corrected chi connectivity index (χ3v) is 11.4. The fourth-order valence-corrected chi connectivity index (χ4v) is 8.46. The first-order chi connectivity index (χ1) is 26.0. The van der Waals surface area contributed by atoms with Crippen molar-refractivity contribution in [3.05, 3.63) is 95.1 Å². The van der Waals surface area contributed by atoms with Gasteiger partial charge in [0.2, 0.25) is 5.95 Å². The Morgan fingerprint density at radius 3 is 2.43 bits per heavy atom. The lowest BCUT2D eigenvalue weighted by Crippen LogP contribution is -2.44. The van der Waals surface area contributed by atoms with Gasteiger partial charge in [-0.15, -0.1) is 10.2 Å². The van der Waals surface area contributed by atoms with Gasteiger partial charge in [0, 0.05) is 30.1 Å². The maximum absolute atomic E-state index is 15.5. The molecule has 0 saturated carbocycles. The number of rotatable bonds is 8. The average molecular weight is 734 g/mol. The van der Waals surface area contributed by atoms with E-state index in [9.17, 15) is 4.79 Å². The molecule has 0 radical (unpaired) electrons. The number of piperidine rings is 1. The highest BCUT2D eigenvalue weighted by molar-refractivity contribution is 5.89. The SMILES string of the molecule is C[C@@H]1CCC[C@H](C)N1c1nnc2ccc(O[C@@H]3CC[C@H](NC(=O)Nc4cc(C(C)(C)C)nn4-c4cc(CN5CCCC5)ccc4F)c4ccccc43)cn12. The standard InChI is InChI=1S/C42H52FN9O2/c1-27-11-10-12-28(2)51(27)41-47-46-38-20-16-30(26-50(38)41)54-36-19-18-34(31-13-6-7-14-32(31)36)44-40(53)45-39-24-37(42(3,4)5)48-52(39)35-23-29(15-17-33(35)43)25-49-21-8-9-22-49/h6-7,13-17,20,23-24,26-28,34,36H,8-12,18-19,21-22,25H2,1-5H3,(H2,44,45,53)/t27-,28+,34-,36+/m0/s1. The van der Waals surface area contributed by atoms with Crippen molar-refractivity contribution in [1.82, 2.24) is 34.6 Å². The second kappa shape index (κ2) is 14.7. The average Bonchev–Trinajstić information content (AvgIpc) is 3.91. The van der Waals surface area contributed by atoms with Crippen molar-refractivity contribution in [2.45, 2.75) is 116 Å². The van der Waals surface area contributed by atoms with Crippen molar-refractivity contribution in [2.24, 2.45) is 0 Å². The number of benzene rings is 2. The van der Waals surface area contributed by atoms with Crippen LogP contribution < -0.4 is 20.3 Å². The number of ether oxygens (including phenoxy) is 1. The van der Waals surface area contributed by atoms with Gasteiger partial charge in [-0.3, -0.25) is 14.6 Å². The highest BCUT2D eigenvalue weighted by Gasteiger charge is 2.32. The summed E-state index contributed by atoms with van der Waals surface area (Å²) in [7, 11) is 0. The van der Waals surface area contributed by atoms with Crippen molar-refractivity contribution >= 4 is 23.4 Å². The molecule has 0 spiro atoms. The summed E-state index contributed by atoms with van der Waals surface area (Å²) < 4.78 is 25.8. The number of amides is 2. The number of carbonyl (C=O) groups is 1. The van der Waals surface area contributed by atoms with Crippen LogP contribution in [0, 0.1) is 5.82 Å². The van der Waals surface area contributed by atoms with E-state index in [0.717, 1.165) is 72.2 Å². The highest BCUT2D eigenvalue weighted by Crippen LogP contribution is 2.39. The molecule has 5 aromatic rings. The van der Waals surface area contributed by atoms with Gasteiger partial charge in [0.1, 0.15) is 29.2 Å². The number of nitrogens with one attached hydrogen (secondary N) is 2. The van der Waals surface area contributed by atoms with E-state index in [2.05, 4.69) is 77.4 Å².